The third-order valence-corrected chi connectivity index (χ3v) is 6.70. The number of carbonyl (C=O) groups is 3. The van der Waals surface area contributed by atoms with Crippen molar-refractivity contribution in [3.8, 4) is 0 Å². The van der Waals surface area contributed by atoms with Crippen LogP contribution in [0.5, 0.6) is 0 Å². The van der Waals surface area contributed by atoms with Crippen molar-refractivity contribution in [2.75, 3.05) is 26.2 Å². The number of ether oxygens (including phenoxy) is 1. The van der Waals surface area contributed by atoms with E-state index in [1.54, 1.807) is 6.07 Å². The fourth-order valence-corrected chi connectivity index (χ4v) is 5.00. The number of piperidine rings is 1. The van der Waals surface area contributed by atoms with Gasteiger partial charge >= 0.3 is 5.97 Å². The first kappa shape index (κ1) is 19.5. The molecule has 2 heterocycles. The molecule has 0 aliphatic carbocycles. The Morgan fingerprint density at radius 3 is 2.37 bits per heavy atom. The SMILES string of the molecule is O=C(OCC(=O)N1CCCC1=O)c1ccccc1S(=O)(=O)N1CCCCC1. The summed E-state index contributed by atoms with van der Waals surface area (Å²) < 4.78 is 32.2. The van der Waals surface area contributed by atoms with Gasteiger partial charge in [-0.05, 0) is 31.4 Å². The van der Waals surface area contributed by atoms with Crippen LogP contribution in [0.4, 0.5) is 0 Å². The lowest BCUT2D eigenvalue weighted by Crippen LogP contribution is -2.37. The lowest BCUT2D eigenvalue weighted by Gasteiger charge is -2.26. The fraction of sp³-hybridized carbons (Fsp3) is 0.500. The Morgan fingerprint density at radius 2 is 1.70 bits per heavy atom. The van der Waals surface area contributed by atoms with Gasteiger partial charge in [0.1, 0.15) is 0 Å². The van der Waals surface area contributed by atoms with E-state index >= 15 is 0 Å². The van der Waals surface area contributed by atoms with E-state index in [1.165, 1.54) is 22.5 Å². The molecule has 0 N–H and O–H groups in total. The number of sulfonamides is 1. The van der Waals surface area contributed by atoms with Gasteiger partial charge in [-0.1, -0.05) is 18.6 Å². The number of rotatable bonds is 5. The number of carbonyl (C=O) groups excluding carboxylic acids is 3. The highest BCUT2D eigenvalue weighted by molar-refractivity contribution is 7.89. The third kappa shape index (κ3) is 4.19. The molecule has 9 heteroatoms. The number of amides is 2. The molecule has 0 unspecified atom stereocenters. The van der Waals surface area contributed by atoms with Gasteiger partial charge < -0.3 is 4.74 Å². The van der Waals surface area contributed by atoms with E-state index in [1.807, 2.05) is 0 Å². The van der Waals surface area contributed by atoms with Crippen LogP contribution in [-0.2, 0) is 24.3 Å². The van der Waals surface area contributed by atoms with Gasteiger partial charge in [0, 0.05) is 26.1 Å². The zero-order valence-electron chi connectivity index (χ0n) is 14.9. The Hall–Kier alpha value is -2.26. The van der Waals surface area contributed by atoms with Gasteiger partial charge in [-0.25, -0.2) is 13.2 Å². The maximum absolute atomic E-state index is 12.9. The van der Waals surface area contributed by atoms with E-state index in [4.69, 9.17) is 4.74 Å². The molecule has 2 fully saturated rings. The predicted octanol–water partition coefficient (Wildman–Crippen LogP) is 1.17. The predicted molar refractivity (Wildman–Crippen MR) is 95.3 cm³/mol. The number of benzene rings is 1. The van der Waals surface area contributed by atoms with E-state index in [9.17, 15) is 22.8 Å². The highest BCUT2D eigenvalue weighted by atomic mass is 32.2. The average molecular weight is 394 g/mol. The molecule has 0 saturated carbocycles. The first-order valence-corrected chi connectivity index (χ1v) is 10.4. The summed E-state index contributed by atoms with van der Waals surface area (Å²) >= 11 is 0. The number of hydrogen-bond donors (Lipinski definition) is 0. The summed E-state index contributed by atoms with van der Waals surface area (Å²) in [6.07, 6.45) is 3.44. The van der Waals surface area contributed by atoms with E-state index in [-0.39, 0.29) is 16.4 Å². The standard InChI is InChI=1S/C18H22N2O6S/c21-16-9-6-12-20(16)17(22)13-26-18(23)14-7-2-3-8-15(14)27(24,25)19-10-4-1-5-11-19/h2-3,7-8H,1,4-6,9-13H2. The minimum Gasteiger partial charge on any atom is -0.452 e. The molecule has 2 aliphatic heterocycles. The lowest BCUT2D eigenvalue weighted by atomic mass is 10.2. The van der Waals surface area contributed by atoms with Crippen molar-refractivity contribution in [2.24, 2.45) is 0 Å². The van der Waals surface area contributed by atoms with Crippen LogP contribution in [0.25, 0.3) is 0 Å². The molecular weight excluding hydrogens is 372 g/mol. The Labute approximate surface area is 158 Å². The molecule has 8 nitrogen and oxygen atoms in total. The molecule has 0 bridgehead atoms. The van der Waals surface area contributed by atoms with Crippen LogP contribution >= 0.6 is 0 Å². The molecule has 1 aromatic rings. The molecule has 3 rings (SSSR count). The van der Waals surface area contributed by atoms with Crippen LogP contribution in [0.1, 0.15) is 42.5 Å². The summed E-state index contributed by atoms with van der Waals surface area (Å²) in [7, 11) is -3.82. The maximum atomic E-state index is 12.9. The molecule has 1 aromatic carbocycles. The van der Waals surface area contributed by atoms with E-state index in [0.29, 0.717) is 32.5 Å². The number of nitrogens with zero attached hydrogens (tertiary/aromatic N) is 2. The van der Waals surface area contributed by atoms with Crippen LogP contribution in [0.3, 0.4) is 0 Å². The monoisotopic (exact) mass is 394 g/mol. The van der Waals surface area contributed by atoms with Crippen molar-refractivity contribution in [2.45, 2.75) is 37.0 Å². The average Bonchev–Trinajstić information content (AvgIpc) is 3.12. The van der Waals surface area contributed by atoms with E-state index < -0.39 is 28.5 Å². The molecule has 0 spiro atoms. The Bertz CT molecular complexity index is 845. The summed E-state index contributed by atoms with van der Waals surface area (Å²) in [5.74, 6) is -1.78. The summed E-state index contributed by atoms with van der Waals surface area (Å²) in [5, 5.41) is 0. The lowest BCUT2D eigenvalue weighted by molar-refractivity contribution is -0.143. The zero-order valence-corrected chi connectivity index (χ0v) is 15.7. The van der Waals surface area contributed by atoms with Crippen molar-refractivity contribution >= 4 is 27.8 Å². The molecule has 27 heavy (non-hydrogen) atoms. The van der Waals surface area contributed by atoms with Crippen LogP contribution < -0.4 is 0 Å². The topological polar surface area (TPSA) is 101 Å². The number of esters is 1. The first-order valence-electron chi connectivity index (χ1n) is 9.01. The van der Waals surface area contributed by atoms with Crippen molar-refractivity contribution in [1.82, 2.24) is 9.21 Å². The van der Waals surface area contributed by atoms with Crippen LogP contribution in [0.2, 0.25) is 0 Å². The number of hydrogen-bond acceptors (Lipinski definition) is 6. The summed E-state index contributed by atoms with van der Waals surface area (Å²) in [6.45, 7) is 0.556. The fourth-order valence-electron chi connectivity index (χ4n) is 3.30. The van der Waals surface area contributed by atoms with E-state index in [2.05, 4.69) is 0 Å². The normalized spacial score (nSPS) is 18.5. The van der Waals surface area contributed by atoms with Crippen LogP contribution in [0, 0.1) is 0 Å². The molecule has 2 saturated heterocycles. The summed E-state index contributed by atoms with van der Waals surface area (Å²) in [4.78, 5) is 37.0. The van der Waals surface area contributed by atoms with Crippen molar-refractivity contribution in [3.05, 3.63) is 29.8 Å². The van der Waals surface area contributed by atoms with Gasteiger partial charge in [-0.15, -0.1) is 0 Å². The Kier molecular flexibility index (Phi) is 5.91. The van der Waals surface area contributed by atoms with Crippen molar-refractivity contribution < 1.29 is 27.5 Å². The van der Waals surface area contributed by atoms with Crippen molar-refractivity contribution in [1.29, 1.82) is 0 Å². The molecule has 0 aromatic heterocycles. The molecule has 2 amide bonds. The highest BCUT2D eigenvalue weighted by Crippen LogP contribution is 2.24. The Balaban J connectivity index is 1.74. The largest absolute Gasteiger partial charge is 0.452 e. The third-order valence-electron chi connectivity index (χ3n) is 4.74. The number of imide groups is 1. The molecule has 0 atom stereocenters. The van der Waals surface area contributed by atoms with Gasteiger partial charge in [0.2, 0.25) is 15.9 Å². The highest BCUT2D eigenvalue weighted by Gasteiger charge is 2.31. The maximum Gasteiger partial charge on any atom is 0.340 e. The molecule has 0 radical (unpaired) electrons. The minimum atomic E-state index is -3.82. The molecular formula is C18H22N2O6S. The van der Waals surface area contributed by atoms with Gasteiger partial charge in [0.15, 0.2) is 6.61 Å². The summed E-state index contributed by atoms with van der Waals surface area (Å²) in [5.41, 5.74) is -0.108. The number of likely N-dealkylation sites (tertiary alicyclic amines) is 1. The Morgan fingerprint density at radius 1 is 1.00 bits per heavy atom. The second-order valence-electron chi connectivity index (χ2n) is 6.58. The van der Waals surface area contributed by atoms with Crippen molar-refractivity contribution in [3.63, 3.8) is 0 Å². The second kappa shape index (κ2) is 8.18. The smallest absolute Gasteiger partial charge is 0.340 e. The molecule has 2 aliphatic rings. The van der Waals surface area contributed by atoms with Crippen LogP contribution in [0.15, 0.2) is 29.2 Å². The molecule has 146 valence electrons. The van der Waals surface area contributed by atoms with Gasteiger partial charge in [-0.2, -0.15) is 4.31 Å². The van der Waals surface area contributed by atoms with E-state index in [0.717, 1.165) is 24.2 Å². The van der Waals surface area contributed by atoms with Gasteiger partial charge in [0.25, 0.3) is 5.91 Å². The zero-order chi connectivity index (χ0) is 19.4. The van der Waals surface area contributed by atoms with Gasteiger partial charge in [0.05, 0.1) is 10.5 Å². The quantitative estimate of drug-likeness (QED) is 0.695. The minimum absolute atomic E-state index is 0.108. The van der Waals surface area contributed by atoms with Gasteiger partial charge in [-0.3, -0.25) is 14.5 Å². The summed E-state index contributed by atoms with van der Waals surface area (Å²) in [6, 6.07) is 5.82. The van der Waals surface area contributed by atoms with Crippen LogP contribution in [-0.4, -0.2) is 61.6 Å². The first-order chi connectivity index (χ1) is 12.9. The second-order valence-corrected chi connectivity index (χ2v) is 8.49.